The maximum Gasteiger partial charge on any atom is 0.261 e. The zero-order valence-electron chi connectivity index (χ0n) is 14.3. The normalized spacial score (nSPS) is 17.6. The molecule has 2 heterocycles. The van der Waals surface area contributed by atoms with Crippen LogP contribution in [0.1, 0.15) is 64.9 Å². The lowest BCUT2D eigenvalue weighted by molar-refractivity contribution is 0.0927. The van der Waals surface area contributed by atoms with Crippen LogP contribution in [0.25, 0.3) is 0 Å². The van der Waals surface area contributed by atoms with Gasteiger partial charge in [-0.25, -0.2) is 9.97 Å². The van der Waals surface area contributed by atoms with Crippen LogP contribution in [0.5, 0.6) is 0 Å². The first-order valence-electron chi connectivity index (χ1n) is 8.97. The monoisotopic (exact) mass is 338 g/mol. The van der Waals surface area contributed by atoms with Gasteiger partial charge in [-0.15, -0.1) is 0 Å². The third-order valence-electron chi connectivity index (χ3n) is 5.05. The van der Waals surface area contributed by atoms with E-state index < -0.39 is 0 Å². The van der Waals surface area contributed by atoms with E-state index in [0.717, 1.165) is 55.5 Å². The van der Waals surface area contributed by atoms with Gasteiger partial charge in [-0.3, -0.25) is 9.59 Å². The standard InChI is InChI=1S/C19H22N4O2/c1-11-8-9-20-17(21-11)16(12-6-7-12)23-19(25)14-10-13-4-2-3-5-15(13)22-18(14)24/h8-10,12,16H,2-7H2,1H3,(H,22,24)(H,23,25)/t16-/m0/s1. The molecular formula is C19H22N4O2. The molecule has 0 bridgehead atoms. The molecule has 0 saturated heterocycles. The predicted molar refractivity (Wildman–Crippen MR) is 93.4 cm³/mol. The highest BCUT2D eigenvalue weighted by molar-refractivity contribution is 5.94. The highest BCUT2D eigenvalue weighted by atomic mass is 16.2. The summed E-state index contributed by atoms with van der Waals surface area (Å²) in [5.41, 5.74) is 2.83. The number of carbonyl (C=O) groups is 1. The van der Waals surface area contributed by atoms with Gasteiger partial charge in [0, 0.05) is 17.6 Å². The second-order valence-corrected chi connectivity index (χ2v) is 7.07. The number of nitrogens with zero attached hydrogens (tertiary/aromatic N) is 2. The Hall–Kier alpha value is -2.50. The number of aromatic nitrogens is 3. The van der Waals surface area contributed by atoms with Crippen LogP contribution in [0, 0.1) is 12.8 Å². The van der Waals surface area contributed by atoms with Crippen LogP contribution >= 0.6 is 0 Å². The van der Waals surface area contributed by atoms with E-state index in [-0.39, 0.29) is 23.1 Å². The number of hydrogen-bond acceptors (Lipinski definition) is 4. The maximum atomic E-state index is 12.8. The molecule has 1 amide bonds. The van der Waals surface area contributed by atoms with Gasteiger partial charge in [0.25, 0.3) is 11.5 Å². The Morgan fingerprint density at radius 2 is 2.12 bits per heavy atom. The molecule has 0 spiro atoms. The molecule has 1 saturated carbocycles. The number of H-pyrrole nitrogens is 1. The zero-order valence-corrected chi connectivity index (χ0v) is 14.3. The molecule has 4 rings (SSSR count). The van der Waals surface area contributed by atoms with Crippen LogP contribution in [0.4, 0.5) is 0 Å². The highest BCUT2D eigenvalue weighted by Gasteiger charge is 2.36. The molecule has 6 heteroatoms. The summed E-state index contributed by atoms with van der Waals surface area (Å²) < 4.78 is 0. The van der Waals surface area contributed by atoms with E-state index >= 15 is 0 Å². The Bertz CT molecular complexity index is 870. The van der Waals surface area contributed by atoms with Crippen molar-refractivity contribution in [3.8, 4) is 0 Å². The summed E-state index contributed by atoms with van der Waals surface area (Å²) in [5, 5.41) is 3.00. The maximum absolute atomic E-state index is 12.8. The van der Waals surface area contributed by atoms with Gasteiger partial charge in [0.15, 0.2) is 5.82 Å². The smallest absolute Gasteiger partial charge is 0.261 e. The summed E-state index contributed by atoms with van der Waals surface area (Å²) in [6, 6.07) is 3.37. The largest absolute Gasteiger partial charge is 0.342 e. The van der Waals surface area contributed by atoms with E-state index in [2.05, 4.69) is 20.3 Å². The van der Waals surface area contributed by atoms with Gasteiger partial charge in [-0.1, -0.05) is 0 Å². The van der Waals surface area contributed by atoms with Gasteiger partial charge < -0.3 is 10.3 Å². The Morgan fingerprint density at radius 1 is 1.32 bits per heavy atom. The molecule has 130 valence electrons. The molecule has 2 aliphatic rings. The van der Waals surface area contributed by atoms with Crippen LogP contribution in [-0.4, -0.2) is 20.9 Å². The summed E-state index contributed by atoms with van der Waals surface area (Å²) in [7, 11) is 0. The molecule has 0 radical (unpaired) electrons. The molecule has 2 aliphatic carbocycles. The minimum absolute atomic E-state index is 0.193. The molecule has 0 aliphatic heterocycles. The molecule has 0 unspecified atom stereocenters. The molecule has 2 aromatic heterocycles. The minimum Gasteiger partial charge on any atom is -0.342 e. The van der Waals surface area contributed by atoms with E-state index in [1.54, 1.807) is 12.3 Å². The lowest BCUT2D eigenvalue weighted by atomic mass is 9.95. The minimum atomic E-state index is -0.336. The molecule has 1 fully saturated rings. The van der Waals surface area contributed by atoms with E-state index in [1.165, 1.54) is 0 Å². The number of hydrogen-bond donors (Lipinski definition) is 2. The Morgan fingerprint density at radius 3 is 2.88 bits per heavy atom. The lowest BCUT2D eigenvalue weighted by Crippen LogP contribution is -2.35. The molecule has 6 nitrogen and oxygen atoms in total. The average molecular weight is 338 g/mol. The zero-order chi connectivity index (χ0) is 17.4. The summed E-state index contributed by atoms with van der Waals surface area (Å²) >= 11 is 0. The van der Waals surface area contributed by atoms with Crippen LogP contribution in [-0.2, 0) is 12.8 Å². The summed E-state index contributed by atoms with van der Waals surface area (Å²) in [6.45, 7) is 1.91. The number of amides is 1. The molecular weight excluding hydrogens is 316 g/mol. The third kappa shape index (κ3) is 3.34. The van der Waals surface area contributed by atoms with Gasteiger partial charge in [0.1, 0.15) is 5.56 Å². The van der Waals surface area contributed by atoms with Crippen molar-refractivity contribution in [2.75, 3.05) is 0 Å². The highest BCUT2D eigenvalue weighted by Crippen LogP contribution is 2.40. The number of carbonyl (C=O) groups excluding carboxylic acids is 1. The molecule has 2 aromatic rings. The number of nitrogens with one attached hydrogen (secondary N) is 2. The van der Waals surface area contributed by atoms with Gasteiger partial charge in [0.2, 0.25) is 0 Å². The predicted octanol–water partition coefficient (Wildman–Crippen LogP) is 2.23. The molecule has 25 heavy (non-hydrogen) atoms. The third-order valence-corrected chi connectivity index (χ3v) is 5.05. The van der Waals surface area contributed by atoms with E-state index in [9.17, 15) is 9.59 Å². The summed E-state index contributed by atoms with van der Waals surface area (Å²) in [6.07, 6.45) is 7.79. The van der Waals surface area contributed by atoms with Crippen molar-refractivity contribution in [2.24, 2.45) is 5.92 Å². The van der Waals surface area contributed by atoms with Crippen LogP contribution in [0.15, 0.2) is 23.1 Å². The topological polar surface area (TPSA) is 87.7 Å². The fourth-order valence-corrected chi connectivity index (χ4v) is 3.50. The lowest BCUT2D eigenvalue weighted by Gasteiger charge is -2.19. The van der Waals surface area contributed by atoms with Crippen molar-refractivity contribution in [3.63, 3.8) is 0 Å². The van der Waals surface area contributed by atoms with Gasteiger partial charge in [0.05, 0.1) is 6.04 Å². The summed E-state index contributed by atoms with van der Waals surface area (Å²) in [5.74, 6) is 0.643. The van der Waals surface area contributed by atoms with Crippen molar-refractivity contribution >= 4 is 5.91 Å². The fourth-order valence-electron chi connectivity index (χ4n) is 3.50. The van der Waals surface area contributed by atoms with E-state index in [0.29, 0.717) is 11.7 Å². The van der Waals surface area contributed by atoms with Crippen LogP contribution in [0.2, 0.25) is 0 Å². The Balaban J connectivity index is 1.61. The number of aryl methyl sites for hydroxylation is 3. The Labute approximate surface area is 146 Å². The second kappa shape index (κ2) is 6.43. The van der Waals surface area contributed by atoms with Crippen LogP contribution in [0.3, 0.4) is 0 Å². The van der Waals surface area contributed by atoms with Gasteiger partial charge in [-0.2, -0.15) is 0 Å². The molecule has 2 N–H and O–H groups in total. The SMILES string of the molecule is Cc1ccnc([C@@H](NC(=O)c2cc3c([nH]c2=O)CCCC3)C2CC2)n1. The summed E-state index contributed by atoms with van der Waals surface area (Å²) in [4.78, 5) is 36.8. The van der Waals surface area contributed by atoms with Crippen molar-refractivity contribution in [2.45, 2.75) is 51.5 Å². The fraction of sp³-hybridized carbons (Fsp3) is 0.474. The number of rotatable bonds is 4. The van der Waals surface area contributed by atoms with Crippen molar-refractivity contribution in [1.82, 2.24) is 20.3 Å². The van der Waals surface area contributed by atoms with Gasteiger partial charge in [-0.05, 0) is 69.1 Å². The average Bonchev–Trinajstić information content (AvgIpc) is 3.43. The molecule has 0 aromatic carbocycles. The molecule has 1 atom stereocenters. The van der Waals surface area contributed by atoms with E-state index in [4.69, 9.17) is 0 Å². The van der Waals surface area contributed by atoms with Gasteiger partial charge >= 0.3 is 0 Å². The van der Waals surface area contributed by atoms with Crippen molar-refractivity contribution in [1.29, 1.82) is 0 Å². The number of pyridine rings is 1. The van der Waals surface area contributed by atoms with Crippen LogP contribution < -0.4 is 10.9 Å². The first-order valence-corrected chi connectivity index (χ1v) is 8.97. The quantitative estimate of drug-likeness (QED) is 0.895. The van der Waals surface area contributed by atoms with Crippen molar-refractivity contribution < 1.29 is 4.79 Å². The first kappa shape index (κ1) is 16.0. The van der Waals surface area contributed by atoms with Crippen molar-refractivity contribution in [3.05, 3.63) is 57.0 Å². The second-order valence-electron chi connectivity index (χ2n) is 7.07. The number of aromatic amines is 1. The number of fused-ring (bicyclic) bond motifs is 1. The Kier molecular flexibility index (Phi) is 4.11. The van der Waals surface area contributed by atoms with E-state index in [1.807, 2.05) is 13.0 Å². The first-order chi connectivity index (χ1) is 12.1.